The molecule has 1 rings (SSSR count). The lowest BCUT2D eigenvalue weighted by atomic mass is 9.96. The molecule has 0 aliphatic carbocycles. The van der Waals surface area contributed by atoms with Crippen LogP contribution in [0.2, 0.25) is 0 Å². The molecule has 1 aliphatic rings. The number of hydrogen-bond acceptors (Lipinski definition) is 2. The van der Waals surface area contributed by atoms with E-state index < -0.39 is 0 Å². The Labute approximate surface area is 100 Å². The SMILES string of the molecule is CCCCCCCC(CCC)C1=NCCO1. The Bertz CT molecular complexity index is 201. The van der Waals surface area contributed by atoms with Crippen molar-refractivity contribution in [1.82, 2.24) is 0 Å². The fraction of sp³-hybridized carbons (Fsp3) is 0.929. The first kappa shape index (κ1) is 13.5. The smallest absolute Gasteiger partial charge is 0.186 e. The highest BCUT2D eigenvalue weighted by molar-refractivity contribution is 5.79. The van der Waals surface area contributed by atoms with E-state index in [0.29, 0.717) is 5.92 Å². The summed E-state index contributed by atoms with van der Waals surface area (Å²) in [5.41, 5.74) is 0. The van der Waals surface area contributed by atoms with Crippen molar-refractivity contribution < 1.29 is 4.74 Å². The molecule has 0 saturated heterocycles. The quantitative estimate of drug-likeness (QED) is 0.539. The van der Waals surface area contributed by atoms with Gasteiger partial charge in [-0.2, -0.15) is 0 Å². The Balaban J connectivity index is 2.17. The molecule has 2 heteroatoms. The number of ether oxygens (including phenoxy) is 1. The monoisotopic (exact) mass is 225 g/mol. The summed E-state index contributed by atoms with van der Waals surface area (Å²) in [7, 11) is 0. The van der Waals surface area contributed by atoms with Gasteiger partial charge in [-0.25, -0.2) is 0 Å². The van der Waals surface area contributed by atoms with E-state index in [1.54, 1.807) is 0 Å². The lowest BCUT2D eigenvalue weighted by Gasteiger charge is -2.15. The second kappa shape index (κ2) is 8.60. The van der Waals surface area contributed by atoms with Crippen molar-refractivity contribution in [3.63, 3.8) is 0 Å². The summed E-state index contributed by atoms with van der Waals surface area (Å²) >= 11 is 0. The van der Waals surface area contributed by atoms with Crippen LogP contribution in [0.5, 0.6) is 0 Å². The predicted molar refractivity (Wildman–Crippen MR) is 70.0 cm³/mol. The van der Waals surface area contributed by atoms with Gasteiger partial charge in [0, 0.05) is 5.92 Å². The largest absolute Gasteiger partial charge is 0.479 e. The van der Waals surface area contributed by atoms with Gasteiger partial charge in [-0.05, 0) is 12.8 Å². The van der Waals surface area contributed by atoms with Crippen molar-refractivity contribution in [1.29, 1.82) is 0 Å². The Morgan fingerprint density at radius 2 is 1.88 bits per heavy atom. The summed E-state index contributed by atoms with van der Waals surface area (Å²) in [5, 5.41) is 0. The van der Waals surface area contributed by atoms with Crippen LogP contribution in [0.25, 0.3) is 0 Å². The molecule has 1 aliphatic heterocycles. The van der Waals surface area contributed by atoms with Crippen LogP contribution in [0.4, 0.5) is 0 Å². The van der Waals surface area contributed by atoms with Crippen LogP contribution in [0.3, 0.4) is 0 Å². The molecular weight excluding hydrogens is 198 g/mol. The molecule has 0 N–H and O–H groups in total. The number of unbranched alkanes of at least 4 members (excludes halogenated alkanes) is 4. The third-order valence-corrected chi connectivity index (χ3v) is 3.25. The van der Waals surface area contributed by atoms with Crippen LogP contribution in [0.15, 0.2) is 4.99 Å². The standard InChI is InChI=1S/C14H27NO/c1-3-5-6-7-8-10-13(9-4-2)14-15-11-12-16-14/h13H,3-12H2,1-2H3. The number of nitrogens with zero attached hydrogens (tertiary/aromatic N) is 1. The zero-order valence-electron chi connectivity index (χ0n) is 11.0. The molecule has 0 radical (unpaired) electrons. The Hall–Kier alpha value is -0.530. The van der Waals surface area contributed by atoms with E-state index in [1.807, 2.05) is 0 Å². The Morgan fingerprint density at radius 1 is 1.06 bits per heavy atom. The summed E-state index contributed by atoms with van der Waals surface area (Å²) < 4.78 is 5.60. The molecule has 0 spiro atoms. The van der Waals surface area contributed by atoms with E-state index in [1.165, 1.54) is 51.4 Å². The van der Waals surface area contributed by atoms with E-state index >= 15 is 0 Å². The second-order valence-corrected chi connectivity index (χ2v) is 4.76. The van der Waals surface area contributed by atoms with Crippen molar-refractivity contribution in [2.75, 3.05) is 13.2 Å². The van der Waals surface area contributed by atoms with Crippen molar-refractivity contribution in [2.24, 2.45) is 10.9 Å². The van der Waals surface area contributed by atoms with Gasteiger partial charge in [0.15, 0.2) is 5.90 Å². The average Bonchev–Trinajstić information content (AvgIpc) is 2.81. The van der Waals surface area contributed by atoms with Crippen molar-refractivity contribution >= 4 is 5.90 Å². The van der Waals surface area contributed by atoms with Crippen LogP contribution in [0.1, 0.15) is 65.2 Å². The van der Waals surface area contributed by atoms with Crippen LogP contribution in [-0.2, 0) is 4.74 Å². The van der Waals surface area contributed by atoms with Gasteiger partial charge in [0.25, 0.3) is 0 Å². The Morgan fingerprint density at radius 3 is 2.50 bits per heavy atom. The lowest BCUT2D eigenvalue weighted by Crippen LogP contribution is -2.14. The first-order valence-electron chi connectivity index (χ1n) is 7.05. The highest BCUT2D eigenvalue weighted by Crippen LogP contribution is 2.20. The van der Waals surface area contributed by atoms with E-state index in [0.717, 1.165) is 19.0 Å². The molecule has 1 atom stereocenters. The van der Waals surface area contributed by atoms with Crippen LogP contribution < -0.4 is 0 Å². The summed E-state index contributed by atoms with van der Waals surface area (Å²) in [6, 6.07) is 0. The molecule has 94 valence electrons. The fourth-order valence-electron chi connectivity index (χ4n) is 2.33. The van der Waals surface area contributed by atoms with Gasteiger partial charge in [-0.15, -0.1) is 0 Å². The zero-order valence-corrected chi connectivity index (χ0v) is 11.0. The average molecular weight is 225 g/mol. The maximum absolute atomic E-state index is 5.60. The van der Waals surface area contributed by atoms with Gasteiger partial charge < -0.3 is 4.74 Å². The molecule has 0 bridgehead atoms. The maximum Gasteiger partial charge on any atom is 0.186 e. The topological polar surface area (TPSA) is 21.6 Å². The summed E-state index contributed by atoms with van der Waals surface area (Å²) in [4.78, 5) is 4.46. The molecule has 0 saturated carbocycles. The molecule has 16 heavy (non-hydrogen) atoms. The molecule has 0 fully saturated rings. The highest BCUT2D eigenvalue weighted by atomic mass is 16.5. The molecule has 1 heterocycles. The van der Waals surface area contributed by atoms with Gasteiger partial charge in [0.1, 0.15) is 6.61 Å². The summed E-state index contributed by atoms with van der Waals surface area (Å²) in [5.74, 6) is 1.66. The summed E-state index contributed by atoms with van der Waals surface area (Å²) in [6.07, 6.45) is 10.6. The number of hydrogen-bond donors (Lipinski definition) is 0. The van der Waals surface area contributed by atoms with Crippen molar-refractivity contribution in [3.8, 4) is 0 Å². The van der Waals surface area contributed by atoms with Gasteiger partial charge >= 0.3 is 0 Å². The molecule has 0 aromatic heterocycles. The van der Waals surface area contributed by atoms with Crippen LogP contribution >= 0.6 is 0 Å². The van der Waals surface area contributed by atoms with E-state index in [-0.39, 0.29) is 0 Å². The predicted octanol–water partition coefficient (Wildman–Crippen LogP) is 4.19. The van der Waals surface area contributed by atoms with E-state index in [9.17, 15) is 0 Å². The third kappa shape index (κ3) is 5.00. The van der Waals surface area contributed by atoms with Crippen molar-refractivity contribution in [2.45, 2.75) is 65.2 Å². The van der Waals surface area contributed by atoms with Crippen LogP contribution in [-0.4, -0.2) is 19.0 Å². The minimum atomic E-state index is 0.606. The van der Waals surface area contributed by atoms with Gasteiger partial charge in [-0.3, -0.25) is 4.99 Å². The summed E-state index contributed by atoms with van der Waals surface area (Å²) in [6.45, 7) is 6.21. The second-order valence-electron chi connectivity index (χ2n) is 4.76. The first-order chi connectivity index (χ1) is 7.88. The van der Waals surface area contributed by atoms with E-state index in [4.69, 9.17) is 4.74 Å². The highest BCUT2D eigenvalue weighted by Gasteiger charge is 2.19. The first-order valence-corrected chi connectivity index (χ1v) is 7.05. The molecule has 0 aromatic rings. The van der Waals surface area contributed by atoms with Crippen molar-refractivity contribution in [3.05, 3.63) is 0 Å². The number of rotatable bonds is 9. The molecule has 1 unspecified atom stereocenters. The lowest BCUT2D eigenvalue weighted by molar-refractivity contribution is 0.311. The van der Waals surface area contributed by atoms with Gasteiger partial charge in [-0.1, -0.05) is 52.4 Å². The normalized spacial score (nSPS) is 17.0. The van der Waals surface area contributed by atoms with Crippen LogP contribution in [0, 0.1) is 5.92 Å². The molecule has 0 aromatic carbocycles. The third-order valence-electron chi connectivity index (χ3n) is 3.25. The van der Waals surface area contributed by atoms with Gasteiger partial charge in [0.05, 0.1) is 6.54 Å². The zero-order chi connectivity index (χ0) is 11.6. The minimum absolute atomic E-state index is 0.606. The Kier molecular flexibility index (Phi) is 7.28. The number of aliphatic imine (C=N–C) groups is 1. The van der Waals surface area contributed by atoms with Gasteiger partial charge in [0.2, 0.25) is 0 Å². The molecular formula is C14H27NO. The van der Waals surface area contributed by atoms with E-state index in [2.05, 4.69) is 18.8 Å². The minimum Gasteiger partial charge on any atom is -0.479 e. The molecule has 0 amide bonds. The fourth-order valence-corrected chi connectivity index (χ4v) is 2.33. The molecule has 2 nitrogen and oxygen atoms in total. The maximum atomic E-state index is 5.60.